The van der Waals surface area contributed by atoms with Gasteiger partial charge in [0.15, 0.2) is 0 Å². The summed E-state index contributed by atoms with van der Waals surface area (Å²) in [6.07, 6.45) is 7.32. The number of nitrogen functional groups attached to an aromatic ring is 1. The summed E-state index contributed by atoms with van der Waals surface area (Å²) in [5, 5.41) is 21.2. The van der Waals surface area contributed by atoms with Crippen molar-refractivity contribution in [3.05, 3.63) is 46.0 Å². The first kappa shape index (κ1) is 15.9. The average molecular weight is 319 g/mol. The molecule has 1 saturated heterocycles. The predicted molar refractivity (Wildman–Crippen MR) is 84.6 cm³/mol. The number of rotatable bonds is 3. The number of aromatic nitrogens is 2. The second-order valence-electron chi connectivity index (χ2n) is 6.28. The van der Waals surface area contributed by atoms with Gasteiger partial charge in [0, 0.05) is 11.8 Å². The van der Waals surface area contributed by atoms with Crippen LogP contribution in [0.1, 0.15) is 37.9 Å². The molecule has 0 aromatic carbocycles. The van der Waals surface area contributed by atoms with Gasteiger partial charge in [-0.3, -0.25) is 4.98 Å². The molecular formula is C16H21N3O4. The van der Waals surface area contributed by atoms with Crippen molar-refractivity contribution in [2.24, 2.45) is 0 Å². The fraction of sp³-hybridized carbons (Fsp3) is 0.500. The molecule has 2 heterocycles. The standard InChI is InChI=1S/C16H21N3O4/c1-16(22)12(20)11(7-9-5-3-2-4-6-9)23-13(16)10-8-18-15(21)19-14(10)17/h2-3,5,8,11-13,20,22H,4,6-7H2,1H3,(H3,17,18,19,21)/t11-,12-,13-,16-/m1/s1. The van der Waals surface area contributed by atoms with Crippen LogP contribution in [0.3, 0.4) is 0 Å². The number of nitrogens with two attached hydrogens (primary N) is 1. The van der Waals surface area contributed by atoms with Crippen LogP contribution < -0.4 is 11.4 Å². The van der Waals surface area contributed by atoms with Crippen LogP contribution in [-0.2, 0) is 4.74 Å². The molecule has 7 heteroatoms. The van der Waals surface area contributed by atoms with E-state index in [-0.39, 0.29) is 5.82 Å². The Bertz CT molecular complexity index is 708. The highest BCUT2D eigenvalue weighted by molar-refractivity contribution is 5.40. The number of nitrogens with one attached hydrogen (secondary N) is 1. The van der Waals surface area contributed by atoms with Crippen molar-refractivity contribution < 1.29 is 14.9 Å². The molecule has 1 aromatic heterocycles. The van der Waals surface area contributed by atoms with Gasteiger partial charge in [-0.2, -0.15) is 0 Å². The second kappa shape index (κ2) is 5.92. The monoisotopic (exact) mass is 319 g/mol. The lowest BCUT2D eigenvalue weighted by atomic mass is 9.87. The van der Waals surface area contributed by atoms with Crippen LogP contribution in [0, 0.1) is 0 Å². The number of aliphatic hydroxyl groups excluding tert-OH is 1. The first-order chi connectivity index (χ1) is 10.9. The van der Waals surface area contributed by atoms with E-state index in [0.29, 0.717) is 12.0 Å². The summed E-state index contributed by atoms with van der Waals surface area (Å²) in [5.41, 5.74) is 5.25. The SMILES string of the molecule is C[C@]1(O)[C@@H](c2cnc(=O)[nH]c2N)O[C@H](CC2=CC=CCC2)[C@H]1O. The molecule has 0 bridgehead atoms. The molecular weight excluding hydrogens is 298 g/mol. The minimum atomic E-state index is -1.52. The molecule has 0 amide bonds. The minimum absolute atomic E-state index is 0.0861. The first-order valence-electron chi connectivity index (χ1n) is 7.64. The van der Waals surface area contributed by atoms with Crippen molar-refractivity contribution >= 4 is 5.82 Å². The average Bonchev–Trinajstić information content (AvgIpc) is 2.72. The summed E-state index contributed by atoms with van der Waals surface area (Å²) >= 11 is 0. The van der Waals surface area contributed by atoms with Crippen LogP contribution in [0.4, 0.5) is 5.82 Å². The summed E-state index contributed by atoms with van der Waals surface area (Å²) in [5.74, 6) is 0.0861. The van der Waals surface area contributed by atoms with Gasteiger partial charge in [0.05, 0.1) is 6.10 Å². The number of nitrogens with zero attached hydrogens (tertiary/aromatic N) is 1. The van der Waals surface area contributed by atoms with E-state index in [9.17, 15) is 15.0 Å². The van der Waals surface area contributed by atoms with E-state index in [4.69, 9.17) is 10.5 Å². The van der Waals surface area contributed by atoms with Crippen molar-refractivity contribution in [2.45, 2.75) is 50.1 Å². The number of allylic oxidation sites excluding steroid dienone is 3. The molecule has 0 radical (unpaired) electrons. The molecule has 0 spiro atoms. The fourth-order valence-electron chi connectivity index (χ4n) is 3.17. The van der Waals surface area contributed by atoms with Crippen LogP contribution in [-0.4, -0.2) is 38.0 Å². The molecule has 1 fully saturated rings. The zero-order chi connectivity index (χ0) is 16.6. The van der Waals surface area contributed by atoms with Crippen LogP contribution in [0.15, 0.2) is 34.8 Å². The summed E-state index contributed by atoms with van der Waals surface area (Å²) in [6.45, 7) is 1.50. The maximum Gasteiger partial charge on any atom is 0.346 e. The Labute approximate surface area is 133 Å². The van der Waals surface area contributed by atoms with Crippen molar-refractivity contribution in [2.75, 3.05) is 5.73 Å². The molecule has 1 aromatic rings. The lowest BCUT2D eigenvalue weighted by Crippen LogP contribution is -2.42. The number of hydrogen-bond donors (Lipinski definition) is 4. The predicted octanol–water partition coefficient (Wildman–Crippen LogP) is 0.570. The van der Waals surface area contributed by atoms with Gasteiger partial charge < -0.3 is 20.7 Å². The van der Waals surface area contributed by atoms with Gasteiger partial charge in [-0.15, -0.1) is 0 Å². The molecule has 7 nitrogen and oxygen atoms in total. The number of H-pyrrole nitrogens is 1. The lowest BCUT2D eigenvalue weighted by molar-refractivity contribution is -0.0645. The van der Waals surface area contributed by atoms with Gasteiger partial charge in [-0.1, -0.05) is 23.8 Å². The maximum atomic E-state index is 11.2. The number of ether oxygens (including phenoxy) is 1. The smallest absolute Gasteiger partial charge is 0.346 e. The molecule has 2 aliphatic rings. The number of aromatic amines is 1. The molecule has 124 valence electrons. The Morgan fingerprint density at radius 2 is 2.35 bits per heavy atom. The van der Waals surface area contributed by atoms with E-state index in [1.807, 2.05) is 12.2 Å². The fourth-order valence-corrected chi connectivity index (χ4v) is 3.17. The highest BCUT2D eigenvalue weighted by Crippen LogP contribution is 2.44. The van der Waals surface area contributed by atoms with Crippen molar-refractivity contribution in [1.82, 2.24) is 9.97 Å². The Balaban J connectivity index is 1.86. The van der Waals surface area contributed by atoms with Crippen molar-refractivity contribution in [3.63, 3.8) is 0 Å². The minimum Gasteiger partial charge on any atom is -0.387 e. The number of anilines is 1. The van der Waals surface area contributed by atoms with Crippen LogP contribution >= 0.6 is 0 Å². The molecule has 3 rings (SSSR count). The van der Waals surface area contributed by atoms with Crippen LogP contribution in [0.25, 0.3) is 0 Å². The summed E-state index contributed by atoms with van der Waals surface area (Å²) < 4.78 is 5.89. The quantitative estimate of drug-likeness (QED) is 0.646. The Kier molecular flexibility index (Phi) is 4.09. The van der Waals surface area contributed by atoms with E-state index in [1.54, 1.807) is 0 Å². The van der Waals surface area contributed by atoms with E-state index in [1.165, 1.54) is 18.7 Å². The molecule has 1 aliphatic carbocycles. The Morgan fingerprint density at radius 3 is 3.00 bits per heavy atom. The summed E-state index contributed by atoms with van der Waals surface area (Å²) in [6, 6.07) is 0. The third kappa shape index (κ3) is 2.95. The second-order valence-corrected chi connectivity index (χ2v) is 6.28. The normalized spacial score (nSPS) is 33.7. The summed E-state index contributed by atoms with van der Waals surface area (Å²) in [7, 11) is 0. The highest BCUT2D eigenvalue weighted by atomic mass is 16.5. The third-order valence-corrected chi connectivity index (χ3v) is 4.51. The molecule has 5 N–H and O–H groups in total. The summed E-state index contributed by atoms with van der Waals surface area (Å²) in [4.78, 5) is 17.2. The van der Waals surface area contributed by atoms with Gasteiger partial charge in [-0.25, -0.2) is 9.78 Å². The molecule has 0 unspecified atom stereocenters. The third-order valence-electron chi connectivity index (χ3n) is 4.51. The first-order valence-corrected chi connectivity index (χ1v) is 7.64. The Morgan fingerprint density at radius 1 is 1.57 bits per heavy atom. The Hall–Kier alpha value is -1.96. The lowest BCUT2D eigenvalue weighted by Gasteiger charge is -2.27. The topological polar surface area (TPSA) is 121 Å². The zero-order valence-electron chi connectivity index (χ0n) is 12.9. The van der Waals surface area contributed by atoms with Crippen molar-refractivity contribution in [3.8, 4) is 0 Å². The maximum absolute atomic E-state index is 11.2. The number of aliphatic hydroxyl groups is 2. The largest absolute Gasteiger partial charge is 0.387 e. The molecule has 0 saturated carbocycles. The van der Waals surface area contributed by atoms with Gasteiger partial charge in [0.2, 0.25) is 0 Å². The van der Waals surface area contributed by atoms with Gasteiger partial charge in [0.1, 0.15) is 23.6 Å². The van der Waals surface area contributed by atoms with E-state index < -0.39 is 29.6 Å². The molecule has 1 aliphatic heterocycles. The van der Waals surface area contributed by atoms with Crippen molar-refractivity contribution in [1.29, 1.82) is 0 Å². The van der Waals surface area contributed by atoms with E-state index in [2.05, 4.69) is 16.0 Å². The highest BCUT2D eigenvalue weighted by Gasteiger charge is 2.53. The van der Waals surface area contributed by atoms with Gasteiger partial charge in [0.25, 0.3) is 0 Å². The van der Waals surface area contributed by atoms with E-state index in [0.717, 1.165) is 12.8 Å². The van der Waals surface area contributed by atoms with Gasteiger partial charge >= 0.3 is 5.69 Å². The van der Waals surface area contributed by atoms with Crippen LogP contribution in [0.2, 0.25) is 0 Å². The molecule has 23 heavy (non-hydrogen) atoms. The number of hydrogen-bond acceptors (Lipinski definition) is 6. The molecule has 4 atom stereocenters. The van der Waals surface area contributed by atoms with Gasteiger partial charge in [-0.05, 0) is 26.2 Å². The van der Waals surface area contributed by atoms with Crippen LogP contribution in [0.5, 0.6) is 0 Å². The van der Waals surface area contributed by atoms with E-state index >= 15 is 0 Å². The zero-order valence-corrected chi connectivity index (χ0v) is 12.9.